The monoisotopic (exact) mass is 390 g/mol. The van der Waals surface area contributed by atoms with Crippen molar-refractivity contribution in [2.24, 2.45) is 0 Å². The van der Waals surface area contributed by atoms with Crippen molar-refractivity contribution in [3.05, 3.63) is 53.8 Å². The number of hydrogen-bond acceptors (Lipinski definition) is 4. The number of likely N-dealkylation sites (N-methyl/N-ethyl adjacent to an activating group) is 1. The zero-order valence-corrected chi connectivity index (χ0v) is 15.8. The number of ether oxygens (including phenoxy) is 1. The van der Waals surface area contributed by atoms with Gasteiger partial charge in [0, 0.05) is 25.8 Å². The summed E-state index contributed by atoms with van der Waals surface area (Å²) in [7, 11) is -0.818. The second-order valence-corrected chi connectivity index (χ2v) is 8.75. The molecule has 0 N–H and O–H groups in total. The first kappa shape index (κ1) is 17.9. The lowest BCUT2D eigenvalue weighted by Gasteiger charge is -2.23. The van der Waals surface area contributed by atoms with Gasteiger partial charge in [-0.2, -0.15) is 4.31 Å². The number of hydrogen-bond donors (Lipinski definition) is 0. The first-order chi connectivity index (χ1) is 12.8. The van der Waals surface area contributed by atoms with E-state index in [1.54, 1.807) is 37.3 Å². The summed E-state index contributed by atoms with van der Waals surface area (Å²) in [6.45, 7) is 0.125. The van der Waals surface area contributed by atoms with Gasteiger partial charge < -0.3 is 9.64 Å². The van der Waals surface area contributed by atoms with Gasteiger partial charge in [0.25, 0.3) is 0 Å². The topological polar surface area (TPSA) is 66.9 Å². The maximum Gasteiger partial charge on any atom is 0.246 e. The average molecular weight is 390 g/mol. The van der Waals surface area contributed by atoms with Crippen molar-refractivity contribution in [2.45, 2.75) is 16.7 Å². The lowest BCUT2D eigenvalue weighted by Crippen LogP contribution is -2.42. The molecule has 2 heterocycles. The number of benzene rings is 2. The summed E-state index contributed by atoms with van der Waals surface area (Å²) < 4.78 is 46.5. The molecule has 2 aliphatic heterocycles. The summed E-state index contributed by atoms with van der Waals surface area (Å²) in [6.07, 6.45) is 0.337. The van der Waals surface area contributed by atoms with Crippen molar-refractivity contribution in [2.75, 3.05) is 32.1 Å². The zero-order valence-electron chi connectivity index (χ0n) is 15.0. The molecule has 1 amide bonds. The predicted molar refractivity (Wildman–Crippen MR) is 97.9 cm³/mol. The molecule has 2 aliphatic rings. The number of anilines is 1. The molecule has 0 aromatic heterocycles. The van der Waals surface area contributed by atoms with Crippen LogP contribution in [0.15, 0.2) is 47.4 Å². The molecule has 0 saturated carbocycles. The minimum atomic E-state index is -4.04. The highest BCUT2D eigenvalue weighted by Gasteiger charge is 2.55. The van der Waals surface area contributed by atoms with Crippen LogP contribution in [-0.4, -0.2) is 45.9 Å². The van der Waals surface area contributed by atoms with Crippen LogP contribution in [0.25, 0.3) is 0 Å². The molecule has 0 radical (unpaired) electrons. The van der Waals surface area contributed by atoms with Crippen LogP contribution < -0.4 is 9.64 Å². The molecule has 142 valence electrons. The Hall–Kier alpha value is -2.45. The van der Waals surface area contributed by atoms with Crippen LogP contribution in [0.4, 0.5) is 10.1 Å². The van der Waals surface area contributed by atoms with Gasteiger partial charge in [-0.15, -0.1) is 0 Å². The van der Waals surface area contributed by atoms with E-state index in [1.807, 2.05) is 0 Å². The summed E-state index contributed by atoms with van der Waals surface area (Å²) in [6, 6.07) is 10.6. The highest BCUT2D eigenvalue weighted by molar-refractivity contribution is 7.89. The summed E-state index contributed by atoms with van der Waals surface area (Å²) >= 11 is 0. The zero-order chi connectivity index (χ0) is 19.4. The van der Waals surface area contributed by atoms with Crippen LogP contribution in [0.5, 0.6) is 5.75 Å². The molecular weight excluding hydrogens is 371 g/mol. The van der Waals surface area contributed by atoms with E-state index in [0.29, 0.717) is 12.2 Å². The van der Waals surface area contributed by atoms with Crippen LogP contribution in [0.2, 0.25) is 0 Å². The molecule has 2 aromatic rings. The van der Waals surface area contributed by atoms with Gasteiger partial charge in [-0.05, 0) is 42.3 Å². The fourth-order valence-corrected chi connectivity index (χ4v) is 5.60. The predicted octanol–water partition coefficient (Wildman–Crippen LogP) is 2.14. The van der Waals surface area contributed by atoms with Crippen molar-refractivity contribution in [3.63, 3.8) is 0 Å². The molecule has 1 atom stereocenters. The number of amides is 1. The molecule has 8 heteroatoms. The van der Waals surface area contributed by atoms with Crippen LogP contribution in [-0.2, 0) is 20.2 Å². The Morgan fingerprint density at radius 1 is 1.19 bits per heavy atom. The van der Waals surface area contributed by atoms with Gasteiger partial charge in [0.15, 0.2) is 0 Å². The van der Waals surface area contributed by atoms with Crippen LogP contribution in [0.3, 0.4) is 0 Å². The molecule has 4 rings (SSSR count). The number of methoxy groups -OCH3 is 1. The number of carbonyl (C=O) groups is 1. The van der Waals surface area contributed by atoms with Crippen molar-refractivity contribution in [1.29, 1.82) is 0 Å². The van der Waals surface area contributed by atoms with Gasteiger partial charge in [-0.25, -0.2) is 12.8 Å². The maximum atomic E-state index is 14.1. The van der Waals surface area contributed by atoms with Crippen LogP contribution in [0.1, 0.15) is 12.0 Å². The van der Waals surface area contributed by atoms with E-state index >= 15 is 0 Å². The first-order valence-corrected chi connectivity index (χ1v) is 9.96. The van der Waals surface area contributed by atoms with Gasteiger partial charge >= 0.3 is 0 Å². The van der Waals surface area contributed by atoms with E-state index in [9.17, 15) is 17.6 Å². The van der Waals surface area contributed by atoms with Crippen molar-refractivity contribution in [1.82, 2.24) is 4.31 Å². The second kappa shape index (κ2) is 6.03. The lowest BCUT2D eigenvalue weighted by molar-refractivity contribution is -0.122. The summed E-state index contributed by atoms with van der Waals surface area (Å²) in [5.74, 6) is -0.348. The van der Waals surface area contributed by atoms with E-state index in [4.69, 9.17) is 4.74 Å². The first-order valence-electron chi connectivity index (χ1n) is 8.52. The molecule has 6 nitrogen and oxygen atoms in total. The van der Waals surface area contributed by atoms with E-state index in [1.165, 1.54) is 22.5 Å². The quantitative estimate of drug-likeness (QED) is 0.805. The molecule has 0 aliphatic carbocycles. The fourth-order valence-electron chi connectivity index (χ4n) is 4.03. The molecule has 1 spiro atoms. The standard InChI is InChI=1S/C19H19FN2O4S/c1-21-16-8-7-13(26-2)11-14(16)19(18(21)23)9-10-22(12-19)27(24,25)17-6-4-3-5-15(17)20/h3-8,11H,9-10,12H2,1-2H3/t19-/m1/s1. The highest BCUT2D eigenvalue weighted by Crippen LogP contribution is 2.48. The van der Waals surface area contributed by atoms with Crippen molar-refractivity contribution < 1.29 is 22.3 Å². The van der Waals surface area contributed by atoms with Gasteiger partial charge in [-0.3, -0.25) is 4.79 Å². The van der Waals surface area contributed by atoms with Crippen LogP contribution >= 0.6 is 0 Å². The Labute approximate surface area is 157 Å². The summed E-state index contributed by atoms with van der Waals surface area (Å²) in [5, 5.41) is 0. The molecule has 1 saturated heterocycles. The minimum Gasteiger partial charge on any atom is -0.497 e. The second-order valence-electron chi connectivity index (χ2n) is 6.85. The molecule has 1 fully saturated rings. The Kier molecular flexibility index (Phi) is 4.01. The average Bonchev–Trinajstić information content (AvgIpc) is 3.20. The summed E-state index contributed by atoms with van der Waals surface area (Å²) in [4.78, 5) is 14.2. The smallest absolute Gasteiger partial charge is 0.246 e. The third-order valence-electron chi connectivity index (χ3n) is 5.48. The number of nitrogens with zero attached hydrogens (tertiary/aromatic N) is 2. The minimum absolute atomic E-state index is 0.0208. The number of fused-ring (bicyclic) bond motifs is 2. The van der Waals surface area contributed by atoms with E-state index in [-0.39, 0.29) is 23.9 Å². The van der Waals surface area contributed by atoms with Crippen LogP contribution in [0, 0.1) is 5.82 Å². The number of sulfonamides is 1. The molecule has 2 aromatic carbocycles. The van der Waals surface area contributed by atoms with Gasteiger partial charge in [-0.1, -0.05) is 12.1 Å². The van der Waals surface area contributed by atoms with Crippen molar-refractivity contribution in [3.8, 4) is 5.75 Å². The van der Waals surface area contributed by atoms with Crippen molar-refractivity contribution >= 4 is 21.6 Å². The largest absolute Gasteiger partial charge is 0.497 e. The highest BCUT2D eigenvalue weighted by atomic mass is 32.2. The third kappa shape index (κ3) is 2.47. The fraction of sp³-hybridized carbons (Fsp3) is 0.316. The Bertz CT molecular complexity index is 1040. The summed E-state index contributed by atoms with van der Waals surface area (Å²) in [5.41, 5.74) is 0.517. The molecular formula is C19H19FN2O4S. The Morgan fingerprint density at radius 2 is 1.93 bits per heavy atom. The molecule has 0 unspecified atom stereocenters. The third-order valence-corrected chi connectivity index (χ3v) is 7.36. The van der Waals surface area contributed by atoms with Gasteiger partial charge in [0.1, 0.15) is 16.5 Å². The normalized spacial score (nSPS) is 22.5. The molecule has 27 heavy (non-hydrogen) atoms. The SMILES string of the molecule is COc1ccc2c(c1)[C@]1(CCN(S(=O)(=O)c3ccccc3F)C1)C(=O)N2C. The van der Waals surface area contributed by atoms with E-state index < -0.39 is 21.3 Å². The maximum absolute atomic E-state index is 14.1. The van der Waals surface area contributed by atoms with Gasteiger partial charge in [0.05, 0.1) is 12.5 Å². The van der Waals surface area contributed by atoms with Gasteiger partial charge in [0.2, 0.25) is 15.9 Å². The number of halogens is 1. The Balaban J connectivity index is 1.76. The lowest BCUT2D eigenvalue weighted by atomic mass is 9.81. The van der Waals surface area contributed by atoms with E-state index in [0.717, 1.165) is 17.3 Å². The Morgan fingerprint density at radius 3 is 2.63 bits per heavy atom. The van der Waals surface area contributed by atoms with E-state index in [2.05, 4.69) is 0 Å². The number of rotatable bonds is 3. The molecule has 0 bridgehead atoms. The number of carbonyl (C=O) groups excluding carboxylic acids is 1.